The van der Waals surface area contributed by atoms with Gasteiger partial charge in [0.1, 0.15) is 11.2 Å². The van der Waals surface area contributed by atoms with Crippen LogP contribution < -0.4 is 15.0 Å². The summed E-state index contributed by atoms with van der Waals surface area (Å²) < 4.78 is 5.63. The molecule has 28 heavy (non-hydrogen) atoms. The van der Waals surface area contributed by atoms with E-state index in [1.54, 1.807) is 0 Å². The standard InChI is InChI=1S/C23H26N2O3/c1-16(2)28-19-11-9-18(10-12-19)24-21(26)23(13-14-23)22(27)25-15-5-7-17-6-3-4-8-20(17)25/h3-4,6,8-12,16H,5,7,13-15H2,1-2H3,(H,24,26). The third-order valence-electron chi connectivity index (χ3n) is 5.43. The number of nitrogens with zero attached hydrogens (tertiary/aromatic N) is 1. The lowest BCUT2D eigenvalue weighted by molar-refractivity contribution is -0.132. The van der Waals surface area contributed by atoms with Crippen molar-refractivity contribution in [3.05, 3.63) is 54.1 Å². The highest BCUT2D eigenvalue weighted by molar-refractivity contribution is 6.18. The van der Waals surface area contributed by atoms with E-state index in [0.717, 1.165) is 24.3 Å². The third kappa shape index (κ3) is 3.49. The summed E-state index contributed by atoms with van der Waals surface area (Å²) in [6.45, 7) is 4.61. The third-order valence-corrected chi connectivity index (χ3v) is 5.43. The maximum absolute atomic E-state index is 13.3. The second-order valence-corrected chi connectivity index (χ2v) is 7.92. The van der Waals surface area contributed by atoms with E-state index in [1.165, 1.54) is 5.56 Å². The summed E-state index contributed by atoms with van der Waals surface area (Å²) in [4.78, 5) is 28.1. The van der Waals surface area contributed by atoms with Crippen LogP contribution in [0.1, 0.15) is 38.7 Å². The van der Waals surface area contributed by atoms with Crippen molar-refractivity contribution in [2.45, 2.75) is 45.6 Å². The van der Waals surface area contributed by atoms with Crippen LogP contribution in [0.5, 0.6) is 5.75 Å². The molecule has 1 aliphatic carbocycles. The molecule has 2 amide bonds. The number of benzene rings is 2. The number of carbonyl (C=O) groups excluding carboxylic acids is 2. The molecule has 5 heteroatoms. The highest BCUT2D eigenvalue weighted by atomic mass is 16.5. The Labute approximate surface area is 165 Å². The SMILES string of the molecule is CC(C)Oc1ccc(NC(=O)C2(C(=O)N3CCCc4ccccc43)CC2)cc1. The molecule has 1 fully saturated rings. The average molecular weight is 378 g/mol. The van der Waals surface area contributed by atoms with Crippen LogP contribution in [0.25, 0.3) is 0 Å². The molecule has 0 unspecified atom stereocenters. The largest absolute Gasteiger partial charge is 0.491 e. The Kier molecular flexibility index (Phi) is 4.84. The molecule has 0 bridgehead atoms. The number of ether oxygens (including phenoxy) is 1. The quantitative estimate of drug-likeness (QED) is 0.795. The molecule has 0 spiro atoms. The number of amides is 2. The number of nitrogens with one attached hydrogen (secondary N) is 1. The Hall–Kier alpha value is -2.82. The van der Waals surface area contributed by atoms with Gasteiger partial charge in [-0.25, -0.2) is 0 Å². The fourth-order valence-corrected chi connectivity index (χ4v) is 3.81. The van der Waals surface area contributed by atoms with E-state index in [1.807, 2.05) is 61.2 Å². The van der Waals surface area contributed by atoms with Crippen LogP contribution in [0.4, 0.5) is 11.4 Å². The van der Waals surface area contributed by atoms with Crippen molar-refractivity contribution < 1.29 is 14.3 Å². The van der Waals surface area contributed by atoms with Crippen molar-refractivity contribution in [1.29, 1.82) is 0 Å². The number of anilines is 2. The highest BCUT2D eigenvalue weighted by Gasteiger charge is 2.58. The Balaban J connectivity index is 1.48. The number of rotatable bonds is 5. The van der Waals surface area contributed by atoms with Crippen molar-refractivity contribution in [2.24, 2.45) is 5.41 Å². The summed E-state index contributed by atoms with van der Waals surface area (Å²) in [5.74, 6) is 0.477. The normalized spacial score (nSPS) is 17.0. The summed E-state index contributed by atoms with van der Waals surface area (Å²) in [5.41, 5.74) is 1.88. The van der Waals surface area contributed by atoms with Gasteiger partial charge in [0.15, 0.2) is 0 Å². The number of aryl methyl sites for hydroxylation is 1. The van der Waals surface area contributed by atoms with Gasteiger partial charge >= 0.3 is 0 Å². The van der Waals surface area contributed by atoms with Crippen molar-refractivity contribution >= 4 is 23.2 Å². The van der Waals surface area contributed by atoms with Crippen LogP contribution in [-0.2, 0) is 16.0 Å². The lowest BCUT2D eigenvalue weighted by Crippen LogP contribution is -2.45. The van der Waals surface area contributed by atoms with Gasteiger partial charge in [-0.05, 0) is 75.4 Å². The number of hydrogen-bond donors (Lipinski definition) is 1. The molecule has 1 N–H and O–H groups in total. The maximum Gasteiger partial charge on any atom is 0.242 e. The molecular formula is C23H26N2O3. The van der Waals surface area contributed by atoms with Gasteiger partial charge in [-0.2, -0.15) is 0 Å². The molecule has 0 radical (unpaired) electrons. The minimum atomic E-state index is -0.933. The highest BCUT2D eigenvalue weighted by Crippen LogP contribution is 2.49. The summed E-state index contributed by atoms with van der Waals surface area (Å²) in [6.07, 6.45) is 3.21. The van der Waals surface area contributed by atoms with E-state index in [0.29, 0.717) is 25.1 Å². The van der Waals surface area contributed by atoms with Crippen molar-refractivity contribution in [1.82, 2.24) is 0 Å². The minimum absolute atomic E-state index is 0.0723. The van der Waals surface area contributed by atoms with Gasteiger partial charge in [0.05, 0.1) is 6.10 Å². The summed E-state index contributed by atoms with van der Waals surface area (Å²) in [7, 11) is 0. The monoisotopic (exact) mass is 378 g/mol. The first-order valence-electron chi connectivity index (χ1n) is 9.98. The van der Waals surface area contributed by atoms with Gasteiger partial charge in [-0.15, -0.1) is 0 Å². The van der Waals surface area contributed by atoms with Gasteiger partial charge in [0, 0.05) is 17.9 Å². The molecule has 0 saturated heterocycles. The molecule has 146 valence electrons. The van der Waals surface area contributed by atoms with E-state index in [4.69, 9.17) is 4.74 Å². The van der Waals surface area contributed by atoms with Gasteiger partial charge < -0.3 is 15.0 Å². The second-order valence-electron chi connectivity index (χ2n) is 7.92. The Morgan fingerprint density at radius 2 is 1.79 bits per heavy atom. The first-order valence-corrected chi connectivity index (χ1v) is 9.98. The van der Waals surface area contributed by atoms with Crippen LogP contribution in [0, 0.1) is 5.41 Å². The molecule has 0 aromatic heterocycles. The smallest absolute Gasteiger partial charge is 0.242 e. The lowest BCUT2D eigenvalue weighted by Gasteiger charge is -2.32. The minimum Gasteiger partial charge on any atom is -0.491 e. The van der Waals surface area contributed by atoms with Gasteiger partial charge in [0.2, 0.25) is 11.8 Å². The lowest BCUT2D eigenvalue weighted by atomic mass is 9.97. The van der Waals surface area contributed by atoms with Crippen molar-refractivity contribution in [2.75, 3.05) is 16.8 Å². The fourth-order valence-electron chi connectivity index (χ4n) is 3.81. The van der Waals surface area contributed by atoms with Crippen LogP contribution >= 0.6 is 0 Å². The van der Waals surface area contributed by atoms with Crippen LogP contribution in [0.15, 0.2) is 48.5 Å². The summed E-state index contributed by atoms with van der Waals surface area (Å²) in [5, 5.41) is 2.93. The molecule has 1 saturated carbocycles. The van der Waals surface area contributed by atoms with Crippen LogP contribution in [0.2, 0.25) is 0 Å². The van der Waals surface area contributed by atoms with Crippen LogP contribution in [-0.4, -0.2) is 24.5 Å². The van der Waals surface area contributed by atoms with Crippen LogP contribution in [0.3, 0.4) is 0 Å². The zero-order valence-electron chi connectivity index (χ0n) is 16.4. The van der Waals surface area contributed by atoms with Crippen molar-refractivity contribution in [3.8, 4) is 5.75 Å². The van der Waals surface area contributed by atoms with E-state index < -0.39 is 5.41 Å². The molecule has 4 rings (SSSR count). The Morgan fingerprint density at radius 3 is 2.46 bits per heavy atom. The van der Waals surface area contributed by atoms with Gasteiger partial charge in [0.25, 0.3) is 0 Å². The number of para-hydroxylation sites is 1. The van der Waals surface area contributed by atoms with Gasteiger partial charge in [-0.3, -0.25) is 9.59 Å². The molecule has 1 heterocycles. The van der Waals surface area contributed by atoms with E-state index in [9.17, 15) is 9.59 Å². The fraction of sp³-hybridized carbons (Fsp3) is 0.391. The molecule has 0 atom stereocenters. The van der Waals surface area contributed by atoms with Crippen molar-refractivity contribution in [3.63, 3.8) is 0 Å². The Bertz CT molecular complexity index is 885. The number of hydrogen-bond acceptors (Lipinski definition) is 3. The van der Waals surface area contributed by atoms with E-state index in [-0.39, 0.29) is 17.9 Å². The maximum atomic E-state index is 13.3. The van der Waals surface area contributed by atoms with E-state index in [2.05, 4.69) is 11.4 Å². The molecular weight excluding hydrogens is 352 g/mol. The number of fused-ring (bicyclic) bond motifs is 1. The second kappa shape index (κ2) is 7.30. The summed E-state index contributed by atoms with van der Waals surface area (Å²) >= 11 is 0. The van der Waals surface area contributed by atoms with E-state index >= 15 is 0 Å². The zero-order valence-corrected chi connectivity index (χ0v) is 16.4. The predicted molar refractivity (Wildman–Crippen MR) is 110 cm³/mol. The van der Waals surface area contributed by atoms with Gasteiger partial charge in [-0.1, -0.05) is 18.2 Å². The molecule has 5 nitrogen and oxygen atoms in total. The number of carbonyl (C=O) groups is 2. The first kappa shape index (κ1) is 18.5. The summed E-state index contributed by atoms with van der Waals surface area (Å²) in [6, 6.07) is 15.3. The Morgan fingerprint density at radius 1 is 1.07 bits per heavy atom. The first-order chi connectivity index (χ1) is 13.5. The topological polar surface area (TPSA) is 58.6 Å². The average Bonchev–Trinajstić information content (AvgIpc) is 3.50. The molecule has 2 aliphatic rings. The zero-order chi connectivity index (χ0) is 19.7. The predicted octanol–water partition coefficient (Wildman–Crippen LogP) is 4.17. The molecule has 2 aromatic rings. The molecule has 1 aliphatic heterocycles. The molecule has 2 aromatic carbocycles.